The van der Waals surface area contributed by atoms with Gasteiger partial charge in [-0.3, -0.25) is 14.3 Å². The summed E-state index contributed by atoms with van der Waals surface area (Å²) in [4.78, 5) is 27.1. The van der Waals surface area contributed by atoms with Gasteiger partial charge in [-0.2, -0.15) is 0 Å². The highest BCUT2D eigenvalue weighted by Gasteiger charge is 2.27. The highest BCUT2D eigenvalue weighted by atomic mass is 35.5. The summed E-state index contributed by atoms with van der Waals surface area (Å²) in [6.07, 6.45) is 4.59. The summed E-state index contributed by atoms with van der Waals surface area (Å²) in [6.45, 7) is 3.38. The number of aromatic nitrogens is 3. The zero-order chi connectivity index (χ0) is 21.5. The van der Waals surface area contributed by atoms with Crippen LogP contribution in [0.5, 0.6) is 0 Å². The van der Waals surface area contributed by atoms with Crippen molar-refractivity contribution in [1.29, 1.82) is 0 Å². The van der Waals surface area contributed by atoms with E-state index in [9.17, 15) is 4.79 Å². The van der Waals surface area contributed by atoms with Crippen molar-refractivity contribution in [2.45, 2.75) is 45.3 Å². The van der Waals surface area contributed by atoms with Crippen LogP contribution in [0, 0.1) is 6.92 Å². The van der Waals surface area contributed by atoms with Crippen LogP contribution in [-0.4, -0.2) is 32.5 Å². The van der Waals surface area contributed by atoms with Crippen molar-refractivity contribution in [3.8, 4) is 0 Å². The molecule has 0 fully saturated rings. The number of likely N-dealkylation sites (N-methyl/N-ethyl adjacent to an activating group) is 1. The van der Waals surface area contributed by atoms with E-state index in [2.05, 4.69) is 27.3 Å². The molecule has 5 nitrogen and oxygen atoms in total. The van der Waals surface area contributed by atoms with Crippen molar-refractivity contribution >= 4 is 44.5 Å². The van der Waals surface area contributed by atoms with Gasteiger partial charge < -0.3 is 0 Å². The van der Waals surface area contributed by atoms with Crippen LogP contribution in [0.1, 0.15) is 33.1 Å². The molecule has 8 heteroatoms. The number of hydrogen-bond donors (Lipinski definition) is 0. The van der Waals surface area contributed by atoms with Gasteiger partial charge in [0.1, 0.15) is 9.84 Å². The SMILES string of the molecule is Cc1csc(CN(C)[C@@H]2CCc3c(sc4ncn(Cc5cccc(Cl)c5)c(=O)c34)C2)n1. The van der Waals surface area contributed by atoms with Gasteiger partial charge in [-0.1, -0.05) is 23.7 Å². The van der Waals surface area contributed by atoms with Crippen molar-refractivity contribution in [3.05, 3.63) is 78.1 Å². The predicted octanol–water partition coefficient (Wildman–Crippen LogP) is 4.91. The molecule has 4 aromatic rings. The third-order valence-electron chi connectivity index (χ3n) is 5.93. The predicted molar refractivity (Wildman–Crippen MR) is 129 cm³/mol. The van der Waals surface area contributed by atoms with E-state index in [1.165, 1.54) is 10.4 Å². The number of fused-ring (bicyclic) bond motifs is 3. The molecule has 0 spiro atoms. The third-order valence-corrected chi connectivity index (χ3v) is 8.28. The van der Waals surface area contributed by atoms with Gasteiger partial charge in [-0.05, 0) is 56.5 Å². The Hall–Kier alpha value is -2.06. The molecule has 1 aromatic carbocycles. The molecule has 0 amide bonds. The largest absolute Gasteiger partial charge is 0.296 e. The van der Waals surface area contributed by atoms with Gasteiger partial charge in [-0.25, -0.2) is 9.97 Å². The molecular weight excluding hydrogens is 448 g/mol. The third kappa shape index (κ3) is 4.20. The number of benzene rings is 1. The van der Waals surface area contributed by atoms with E-state index in [0.717, 1.165) is 52.3 Å². The van der Waals surface area contributed by atoms with Crippen LogP contribution < -0.4 is 5.56 Å². The van der Waals surface area contributed by atoms with Gasteiger partial charge in [-0.15, -0.1) is 22.7 Å². The molecule has 5 rings (SSSR count). The van der Waals surface area contributed by atoms with Crippen molar-refractivity contribution in [1.82, 2.24) is 19.4 Å². The quantitative estimate of drug-likeness (QED) is 0.415. The molecule has 0 radical (unpaired) electrons. The zero-order valence-electron chi connectivity index (χ0n) is 17.5. The Labute approximate surface area is 194 Å². The maximum absolute atomic E-state index is 13.3. The molecule has 1 aliphatic carbocycles. The molecule has 0 bridgehead atoms. The molecule has 0 saturated carbocycles. The fraction of sp³-hybridized carbons (Fsp3) is 0.348. The topological polar surface area (TPSA) is 51.0 Å². The second-order valence-corrected chi connectivity index (χ2v) is 10.6. The van der Waals surface area contributed by atoms with Crippen LogP contribution >= 0.6 is 34.3 Å². The average molecular weight is 471 g/mol. The Bertz CT molecular complexity index is 1310. The Morgan fingerprint density at radius 3 is 3.00 bits per heavy atom. The van der Waals surface area contributed by atoms with E-state index in [1.54, 1.807) is 33.6 Å². The molecule has 160 valence electrons. The molecule has 0 N–H and O–H groups in total. The molecule has 0 aliphatic heterocycles. The van der Waals surface area contributed by atoms with E-state index in [0.29, 0.717) is 17.6 Å². The normalized spacial score (nSPS) is 16.2. The Kier molecular flexibility index (Phi) is 5.69. The van der Waals surface area contributed by atoms with Crippen LogP contribution in [-0.2, 0) is 25.9 Å². The van der Waals surface area contributed by atoms with E-state index >= 15 is 0 Å². The van der Waals surface area contributed by atoms with Gasteiger partial charge in [0.05, 0.1) is 24.8 Å². The minimum atomic E-state index is 0.0486. The number of thiophene rings is 1. The number of halogens is 1. The molecular formula is C23H23ClN4OS2. The average Bonchev–Trinajstić information content (AvgIpc) is 3.32. The number of rotatable bonds is 5. The monoisotopic (exact) mass is 470 g/mol. The molecule has 0 saturated heterocycles. The summed E-state index contributed by atoms with van der Waals surface area (Å²) in [5.41, 5.74) is 3.34. The first-order chi connectivity index (χ1) is 15.0. The highest BCUT2D eigenvalue weighted by Crippen LogP contribution is 2.35. The first-order valence-electron chi connectivity index (χ1n) is 10.3. The van der Waals surface area contributed by atoms with Crippen LogP contribution in [0.4, 0.5) is 0 Å². The Morgan fingerprint density at radius 2 is 2.23 bits per heavy atom. The number of nitrogens with zero attached hydrogens (tertiary/aromatic N) is 4. The van der Waals surface area contributed by atoms with E-state index in [-0.39, 0.29) is 5.56 Å². The summed E-state index contributed by atoms with van der Waals surface area (Å²) < 4.78 is 1.70. The maximum atomic E-state index is 13.3. The first kappa shape index (κ1) is 20.8. The van der Waals surface area contributed by atoms with Crippen LogP contribution in [0.3, 0.4) is 0 Å². The lowest BCUT2D eigenvalue weighted by Gasteiger charge is -2.30. The van der Waals surface area contributed by atoms with Gasteiger partial charge in [0.2, 0.25) is 0 Å². The minimum absolute atomic E-state index is 0.0486. The van der Waals surface area contributed by atoms with Crippen LogP contribution in [0.25, 0.3) is 10.2 Å². The van der Waals surface area contributed by atoms with Crippen LogP contribution in [0.15, 0.2) is 40.8 Å². The van der Waals surface area contributed by atoms with Crippen molar-refractivity contribution in [2.75, 3.05) is 7.05 Å². The van der Waals surface area contributed by atoms with Gasteiger partial charge in [0.25, 0.3) is 5.56 Å². The first-order valence-corrected chi connectivity index (χ1v) is 12.4. The molecule has 3 heterocycles. The van der Waals surface area contributed by atoms with Crippen LogP contribution in [0.2, 0.25) is 5.02 Å². The van der Waals surface area contributed by atoms with Gasteiger partial charge >= 0.3 is 0 Å². The summed E-state index contributed by atoms with van der Waals surface area (Å²) in [5.74, 6) is 0. The molecule has 3 aromatic heterocycles. The standard InChI is InChI=1S/C23H23ClN4OS2/c1-14-12-30-20(26-14)11-27(2)17-6-7-18-19(9-17)31-22-21(18)23(29)28(13-25-22)10-15-4-3-5-16(24)8-15/h3-5,8,12-13,17H,6-7,9-11H2,1-2H3/t17-/m1/s1. The zero-order valence-corrected chi connectivity index (χ0v) is 19.9. The smallest absolute Gasteiger partial charge is 0.262 e. The lowest BCUT2D eigenvalue weighted by atomic mass is 9.92. The number of aryl methyl sites for hydroxylation is 2. The summed E-state index contributed by atoms with van der Waals surface area (Å²) in [5, 5.41) is 4.75. The fourth-order valence-electron chi connectivity index (χ4n) is 4.32. The minimum Gasteiger partial charge on any atom is -0.296 e. The molecule has 31 heavy (non-hydrogen) atoms. The second-order valence-electron chi connectivity index (χ2n) is 8.19. The highest BCUT2D eigenvalue weighted by molar-refractivity contribution is 7.18. The van der Waals surface area contributed by atoms with E-state index in [4.69, 9.17) is 11.6 Å². The number of hydrogen-bond acceptors (Lipinski definition) is 6. The second kappa shape index (κ2) is 8.47. The summed E-state index contributed by atoms with van der Waals surface area (Å²) in [7, 11) is 2.18. The summed E-state index contributed by atoms with van der Waals surface area (Å²) in [6, 6.07) is 8.08. The number of thiazole rings is 1. The van der Waals surface area contributed by atoms with Crippen molar-refractivity contribution < 1.29 is 0 Å². The lowest BCUT2D eigenvalue weighted by Crippen LogP contribution is -2.35. The van der Waals surface area contributed by atoms with E-state index in [1.807, 2.05) is 31.2 Å². The maximum Gasteiger partial charge on any atom is 0.262 e. The van der Waals surface area contributed by atoms with Crippen molar-refractivity contribution in [3.63, 3.8) is 0 Å². The van der Waals surface area contributed by atoms with Gasteiger partial charge in [0.15, 0.2) is 0 Å². The lowest BCUT2D eigenvalue weighted by molar-refractivity contribution is 0.215. The Morgan fingerprint density at radius 1 is 1.35 bits per heavy atom. The van der Waals surface area contributed by atoms with Gasteiger partial charge in [0, 0.05) is 27.0 Å². The molecule has 1 atom stereocenters. The molecule has 0 unspecified atom stereocenters. The molecule has 1 aliphatic rings. The Balaban J connectivity index is 1.40. The summed E-state index contributed by atoms with van der Waals surface area (Å²) >= 11 is 9.51. The van der Waals surface area contributed by atoms with Crippen molar-refractivity contribution in [2.24, 2.45) is 0 Å². The fourth-order valence-corrected chi connectivity index (χ4v) is 6.62. The van der Waals surface area contributed by atoms with E-state index < -0.39 is 0 Å².